The molecule has 0 radical (unpaired) electrons. The summed E-state index contributed by atoms with van der Waals surface area (Å²) in [6, 6.07) is 31.1. The standard InChI is InChI=1S/C73H94N12O10/c1-10-75-71(92)67-81-80-66(56-41-55(47(6)7)61(86)42-62(56)87)85(67)53-24-21-51(22-25-53)43-82-31-29-52(30-32-82)65(74)84-35-33-83(34-36-84)54-26-28-63(48(8)39-54)95-72(93)79-57(27-23-49-17-13-11-14-18-49)68(89)77-59(38-46(4)5)69(90)78-60(40-50-19-15-12-16-20-50)70(91)76-58(37-45(2)3)64(88)73(9)44-94-73/h11-22,24-26,28,39,41-42,45-47,52,57-60,74,86-87H,10,23,27,29-38,40,43-44H2,1-9H3,(H,75,92)(H,76,91)(H,77,89)(H,78,90)(H,79,93)/t57-,58-,59-,60-,73+/m0/s1. The monoisotopic (exact) mass is 1300 g/mol. The molecule has 0 unspecified atom stereocenters. The molecule has 3 saturated heterocycles. The van der Waals surface area contributed by atoms with Gasteiger partial charge in [0.2, 0.25) is 23.5 Å². The topological polar surface area (TPSA) is 289 Å². The van der Waals surface area contributed by atoms with Crippen LogP contribution in [-0.2, 0) is 43.3 Å². The number of aromatic hydroxyl groups is 2. The van der Waals surface area contributed by atoms with Gasteiger partial charge < -0.3 is 56.1 Å². The van der Waals surface area contributed by atoms with E-state index in [2.05, 4.69) is 51.5 Å². The number of hydrogen-bond donors (Lipinski definition) is 8. The third-order valence-corrected chi connectivity index (χ3v) is 18.0. The summed E-state index contributed by atoms with van der Waals surface area (Å²) in [5.74, 6) is -1.14. The number of likely N-dealkylation sites (tertiary alicyclic amines) is 1. The number of aryl methyl sites for hydroxylation is 2. The van der Waals surface area contributed by atoms with Gasteiger partial charge in [-0.05, 0) is 154 Å². The van der Waals surface area contributed by atoms with E-state index in [1.807, 2.05) is 152 Å². The van der Waals surface area contributed by atoms with Crippen LogP contribution in [0.3, 0.4) is 0 Å². The highest BCUT2D eigenvalue weighted by Gasteiger charge is 2.50. The first kappa shape index (κ1) is 70.2. The van der Waals surface area contributed by atoms with Gasteiger partial charge >= 0.3 is 6.09 Å². The third-order valence-electron chi connectivity index (χ3n) is 18.0. The summed E-state index contributed by atoms with van der Waals surface area (Å²) in [6.45, 7) is 22.8. The lowest BCUT2D eigenvalue weighted by atomic mass is 9.93. The van der Waals surface area contributed by atoms with Gasteiger partial charge in [0.05, 0.1) is 24.0 Å². The number of aromatic nitrogens is 3. The second-order valence-electron chi connectivity index (χ2n) is 26.8. The first-order valence-corrected chi connectivity index (χ1v) is 33.4. The van der Waals surface area contributed by atoms with Gasteiger partial charge in [-0.25, -0.2) is 4.79 Å². The van der Waals surface area contributed by atoms with Crippen molar-refractivity contribution in [1.82, 2.24) is 51.1 Å². The molecule has 3 fully saturated rings. The number of nitrogens with one attached hydrogen (secondary N) is 6. The van der Waals surface area contributed by atoms with Crippen molar-refractivity contribution in [2.45, 2.75) is 149 Å². The van der Waals surface area contributed by atoms with E-state index in [1.54, 1.807) is 23.6 Å². The molecule has 8 N–H and O–H groups in total. The molecule has 5 atom stereocenters. The number of piperidine rings is 1. The average Bonchev–Trinajstić information content (AvgIpc) is 1.69. The highest BCUT2D eigenvalue weighted by Crippen LogP contribution is 2.39. The molecular weight excluding hydrogens is 1200 g/mol. The molecule has 0 saturated carbocycles. The quantitative estimate of drug-likeness (QED) is 0.0129. The number of rotatable bonds is 28. The van der Waals surface area contributed by atoms with Crippen LogP contribution < -0.4 is 36.2 Å². The minimum atomic E-state index is -1.12. The van der Waals surface area contributed by atoms with Gasteiger partial charge in [-0.15, -0.1) is 10.2 Å². The number of epoxide rings is 1. The SMILES string of the molecule is CCNC(=O)c1nnc(-c2cc(C(C)C)c(O)cc2O)n1-c1ccc(CN2CCC(C(=N)N3CCN(c4ccc(OC(=O)N[C@@H](CCc5ccccc5)C(=O)N[C@@H](CC(C)C)C(=O)N[C@@H](Cc5ccccc5)C(=O)N[C@@H](CC(C)C)C(=O)[C@@]5(C)CO5)c(C)c4)CC3)CC2)cc1. The first-order chi connectivity index (χ1) is 45.5. The average molecular weight is 1300 g/mol. The second-order valence-corrected chi connectivity index (χ2v) is 26.8. The molecule has 1 aromatic heterocycles. The summed E-state index contributed by atoms with van der Waals surface area (Å²) in [5, 5.41) is 53.8. The Bertz CT molecular complexity index is 3650. The molecule has 5 amide bonds. The van der Waals surface area contributed by atoms with Crippen LogP contribution in [0.5, 0.6) is 17.2 Å². The fraction of sp³-hybridized carbons (Fsp3) is 0.466. The van der Waals surface area contributed by atoms with Crippen molar-refractivity contribution in [3.63, 3.8) is 0 Å². The molecule has 0 bridgehead atoms. The molecule has 506 valence electrons. The second kappa shape index (κ2) is 31.9. The van der Waals surface area contributed by atoms with Crippen LogP contribution in [0.2, 0.25) is 0 Å². The van der Waals surface area contributed by atoms with Crippen LogP contribution in [-0.4, -0.2) is 158 Å². The lowest BCUT2D eigenvalue weighted by Gasteiger charge is -2.41. The minimum absolute atomic E-state index is 0.0260. The lowest BCUT2D eigenvalue weighted by molar-refractivity contribution is -0.134. The van der Waals surface area contributed by atoms with Crippen molar-refractivity contribution in [3.8, 4) is 34.3 Å². The summed E-state index contributed by atoms with van der Waals surface area (Å²) in [4.78, 5) is 90.8. The van der Waals surface area contributed by atoms with Gasteiger partial charge in [0.1, 0.15) is 41.0 Å². The molecule has 22 heteroatoms. The van der Waals surface area contributed by atoms with E-state index >= 15 is 0 Å². The highest BCUT2D eigenvalue weighted by atomic mass is 16.6. The number of anilines is 1. The number of hydrogen-bond acceptors (Lipinski definition) is 15. The Morgan fingerprint density at radius 1 is 0.674 bits per heavy atom. The van der Waals surface area contributed by atoms with Crippen LogP contribution in [0.1, 0.15) is 132 Å². The van der Waals surface area contributed by atoms with Crippen molar-refractivity contribution >= 4 is 47.0 Å². The fourth-order valence-corrected chi connectivity index (χ4v) is 12.5. The predicted octanol–water partition coefficient (Wildman–Crippen LogP) is 8.78. The van der Waals surface area contributed by atoms with E-state index < -0.39 is 59.5 Å². The maximum absolute atomic E-state index is 14.5. The number of amidine groups is 1. The number of Topliss-reactive ketones (excluding diaryl/α,β-unsaturated/α-hetero) is 1. The van der Waals surface area contributed by atoms with Crippen LogP contribution >= 0.6 is 0 Å². The van der Waals surface area contributed by atoms with Gasteiger partial charge in [0.25, 0.3) is 5.91 Å². The van der Waals surface area contributed by atoms with Gasteiger partial charge in [-0.3, -0.25) is 38.8 Å². The smallest absolute Gasteiger partial charge is 0.413 e. The zero-order valence-electron chi connectivity index (χ0n) is 56.2. The van der Waals surface area contributed by atoms with Gasteiger partial charge in [0.15, 0.2) is 11.6 Å². The number of amides is 5. The van der Waals surface area contributed by atoms with Crippen molar-refractivity contribution < 1.29 is 48.5 Å². The number of carbonyl (C=O) groups is 6. The molecule has 3 aliphatic rings. The van der Waals surface area contributed by atoms with Crippen LogP contribution in [0.4, 0.5) is 10.5 Å². The molecule has 6 aromatic rings. The third kappa shape index (κ3) is 18.4. The Morgan fingerprint density at radius 2 is 1.26 bits per heavy atom. The Morgan fingerprint density at radius 3 is 1.87 bits per heavy atom. The van der Waals surface area contributed by atoms with E-state index in [9.17, 15) is 44.4 Å². The fourth-order valence-electron chi connectivity index (χ4n) is 12.5. The number of carbonyl (C=O) groups excluding carboxylic acids is 6. The summed E-state index contributed by atoms with van der Waals surface area (Å²) < 4.78 is 13.0. The number of nitrogens with zero attached hydrogens (tertiary/aromatic N) is 6. The molecule has 3 aliphatic heterocycles. The first-order valence-electron chi connectivity index (χ1n) is 33.4. The van der Waals surface area contributed by atoms with E-state index in [1.165, 1.54) is 6.07 Å². The summed E-state index contributed by atoms with van der Waals surface area (Å²) >= 11 is 0. The largest absolute Gasteiger partial charge is 0.508 e. The number of phenolic OH excluding ortho intramolecular Hbond substituents is 2. The molecule has 95 heavy (non-hydrogen) atoms. The Hall–Kier alpha value is -9.15. The molecule has 4 heterocycles. The molecular formula is C73H94N12O10. The van der Waals surface area contributed by atoms with Crippen LogP contribution in [0.15, 0.2) is 115 Å². The summed E-state index contributed by atoms with van der Waals surface area (Å²) in [7, 11) is 0. The van der Waals surface area contributed by atoms with Crippen LogP contribution in [0.25, 0.3) is 17.1 Å². The molecule has 0 aliphatic carbocycles. The van der Waals surface area contributed by atoms with Gasteiger partial charge in [-0.2, -0.15) is 0 Å². The van der Waals surface area contributed by atoms with E-state index in [-0.39, 0.29) is 78.5 Å². The Balaban J connectivity index is 0.782. The predicted molar refractivity (Wildman–Crippen MR) is 365 cm³/mol. The Labute approximate surface area is 557 Å². The lowest BCUT2D eigenvalue weighted by Crippen LogP contribution is -2.59. The van der Waals surface area contributed by atoms with Crippen molar-refractivity contribution in [2.75, 3.05) is 57.3 Å². The normalized spacial score (nSPS) is 17.2. The van der Waals surface area contributed by atoms with E-state index in [0.29, 0.717) is 86.1 Å². The molecule has 0 spiro atoms. The number of phenols is 2. The van der Waals surface area contributed by atoms with Crippen LogP contribution in [0, 0.1) is 30.1 Å². The number of ether oxygens (including phenoxy) is 2. The minimum Gasteiger partial charge on any atom is -0.508 e. The van der Waals surface area contributed by atoms with Gasteiger partial charge in [0, 0.05) is 69.0 Å². The maximum Gasteiger partial charge on any atom is 0.413 e. The van der Waals surface area contributed by atoms with E-state index in [4.69, 9.17) is 9.47 Å². The molecule has 9 rings (SSSR count). The van der Waals surface area contributed by atoms with E-state index in [0.717, 1.165) is 48.3 Å². The van der Waals surface area contributed by atoms with Crippen molar-refractivity contribution in [2.24, 2.45) is 17.8 Å². The highest BCUT2D eigenvalue weighted by molar-refractivity contribution is 5.99. The van der Waals surface area contributed by atoms with Crippen molar-refractivity contribution in [1.29, 1.82) is 5.41 Å². The molecule has 22 nitrogen and oxygen atoms in total. The number of benzene rings is 5. The summed E-state index contributed by atoms with van der Waals surface area (Å²) in [5.41, 5.74) is 5.11. The van der Waals surface area contributed by atoms with Crippen molar-refractivity contribution in [3.05, 3.63) is 149 Å². The maximum atomic E-state index is 14.5. The zero-order chi connectivity index (χ0) is 68.1. The van der Waals surface area contributed by atoms with Gasteiger partial charge in [-0.1, -0.05) is 114 Å². The number of ketones is 1. The zero-order valence-corrected chi connectivity index (χ0v) is 56.2. The summed E-state index contributed by atoms with van der Waals surface area (Å²) in [6.07, 6.45) is 2.20. The Kier molecular flexibility index (Phi) is 23.5. The molecule has 5 aromatic carbocycles. The number of piperazine rings is 1.